The molecule has 7 unspecified atom stereocenters. The van der Waals surface area contributed by atoms with Crippen LogP contribution in [0, 0.1) is 29.1 Å². The number of ether oxygens (including phenoxy) is 1. The van der Waals surface area contributed by atoms with Crippen molar-refractivity contribution in [2.45, 2.75) is 116 Å². The fraction of sp³-hybridized carbons (Fsp3) is 0.735. The van der Waals surface area contributed by atoms with Crippen LogP contribution in [-0.2, 0) is 4.79 Å². The van der Waals surface area contributed by atoms with Gasteiger partial charge >= 0.3 is 0 Å². The number of fused-ring (bicyclic) bond motifs is 5. The van der Waals surface area contributed by atoms with E-state index in [0.29, 0.717) is 48.1 Å². The van der Waals surface area contributed by atoms with Crippen molar-refractivity contribution in [2.24, 2.45) is 29.1 Å². The molecule has 4 aliphatic rings. The van der Waals surface area contributed by atoms with Crippen molar-refractivity contribution in [3.8, 4) is 5.75 Å². The average molecular weight is 522 g/mol. The fourth-order valence-corrected chi connectivity index (χ4v) is 9.49. The van der Waals surface area contributed by atoms with Crippen molar-refractivity contribution in [1.82, 2.24) is 4.90 Å². The van der Waals surface area contributed by atoms with Crippen LogP contribution in [-0.4, -0.2) is 41.6 Å². The predicted octanol–water partition coefficient (Wildman–Crippen LogP) is 7.51. The molecule has 3 fully saturated rings. The summed E-state index contributed by atoms with van der Waals surface area (Å²) in [4.78, 5) is 14.6. The lowest BCUT2D eigenvalue weighted by Gasteiger charge is -2.54. The van der Waals surface area contributed by atoms with Crippen LogP contribution in [0.15, 0.2) is 35.9 Å². The van der Waals surface area contributed by atoms with Gasteiger partial charge in [0.25, 0.3) is 0 Å². The highest BCUT2D eigenvalue weighted by atomic mass is 16.5. The van der Waals surface area contributed by atoms with Gasteiger partial charge in [-0.2, -0.15) is 0 Å². The van der Waals surface area contributed by atoms with Crippen molar-refractivity contribution in [3.05, 3.63) is 41.5 Å². The maximum absolute atomic E-state index is 12.0. The molecule has 0 heterocycles. The van der Waals surface area contributed by atoms with Crippen molar-refractivity contribution >= 4 is 5.78 Å². The first-order valence-electron chi connectivity index (χ1n) is 15.8. The summed E-state index contributed by atoms with van der Waals surface area (Å²) in [6.45, 7) is 7.53. The summed E-state index contributed by atoms with van der Waals surface area (Å²) in [7, 11) is 2.27. The van der Waals surface area contributed by atoms with Crippen LogP contribution in [0.4, 0.5) is 0 Å². The van der Waals surface area contributed by atoms with Gasteiger partial charge < -0.3 is 9.84 Å². The first-order chi connectivity index (χ1) is 18.4. The van der Waals surface area contributed by atoms with Crippen LogP contribution in [0.1, 0.15) is 109 Å². The Hall–Kier alpha value is -1.65. The molecule has 0 bridgehead atoms. The van der Waals surface area contributed by atoms with E-state index >= 15 is 0 Å². The second-order valence-electron chi connectivity index (χ2n) is 12.9. The van der Waals surface area contributed by atoms with Crippen molar-refractivity contribution in [1.29, 1.82) is 0 Å². The number of benzene rings is 1. The van der Waals surface area contributed by atoms with Crippen LogP contribution in [0.5, 0.6) is 5.75 Å². The number of rotatable bonds is 10. The molecule has 0 saturated heterocycles. The molecule has 4 heteroatoms. The highest BCUT2D eigenvalue weighted by molar-refractivity contribution is 5.91. The minimum Gasteiger partial charge on any atom is -0.494 e. The number of nitrogens with zero attached hydrogens (tertiary/aromatic N) is 1. The quantitative estimate of drug-likeness (QED) is 0.346. The van der Waals surface area contributed by atoms with Crippen LogP contribution in [0.3, 0.4) is 0 Å². The smallest absolute Gasteiger partial charge is 0.155 e. The Balaban J connectivity index is 1.25. The molecule has 3 saturated carbocycles. The highest BCUT2D eigenvalue weighted by Gasteiger charge is 2.58. The van der Waals surface area contributed by atoms with E-state index in [1.807, 2.05) is 6.08 Å². The topological polar surface area (TPSA) is 49.8 Å². The number of hydrogen-bond acceptors (Lipinski definition) is 4. The molecule has 1 aromatic rings. The molecule has 1 aromatic carbocycles. The van der Waals surface area contributed by atoms with Gasteiger partial charge in [0.1, 0.15) is 5.75 Å². The molecule has 210 valence electrons. The Kier molecular flexibility index (Phi) is 8.69. The zero-order valence-corrected chi connectivity index (χ0v) is 24.3. The molecule has 5 rings (SSSR count). The number of aliphatic hydroxyl groups excluding tert-OH is 1. The van der Waals surface area contributed by atoms with Gasteiger partial charge in [-0.1, -0.05) is 38.5 Å². The van der Waals surface area contributed by atoms with E-state index in [-0.39, 0.29) is 11.5 Å². The third kappa shape index (κ3) is 5.12. The van der Waals surface area contributed by atoms with Crippen LogP contribution in [0.2, 0.25) is 0 Å². The molecular formula is C34H51NO3. The third-order valence-corrected chi connectivity index (χ3v) is 11.4. The summed E-state index contributed by atoms with van der Waals surface area (Å²) in [6, 6.07) is 9.75. The molecule has 4 aliphatic carbocycles. The summed E-state index contributed by atoms with van der Waals surface area (Å²) in [5, 5.41) is 11.3. The fourth-order valence-electron chi connectivity index (χ4n) is 9.49. The van der Waals surface area contributed by atoms with E-state index in [2.05, 4.69) is 57.0 Å². The molecule has 0 amide bonds. The second-order valence-corrected chi connectivity index (χ2v) is 12.9. The average Bonchev–Trinajstić information content (AvgIpc) is 3.26. The van der Waals surface area contributed by atoms with Crippen LogP contribution in [0.25, 0.3) is 0 Å². The Morgan fingerprint density at radius 3 is 2.61 bits per heavy atom. The number of aliphatic hydroxyl groups is 1. The molecule has 0 radical (unpaired) electrons. The van der Waals surface area contributed by atoms with E-state index in [9.17, 15) is 9.90 Å². The molecule has 4 nitrogen and oxygen atoms in total. The van der Waals surface area contributed by atoms with Crippen molar-refractivity contribution < 1.29 is 14.6 Å². The van der Waals surface area contributed by atoms with Gasteiger partial charge in [-0.25, -0.2) is 0 Å². The van der Waals surface area contributed by atoms with E-state index < -0.39 is 0 Å². The molecule has 38 heavy (non-hydrogen) atoms. The molecule has 0 aromatic heterocycles. The van der Waals surface area contributed by atoms with Gasteiger partial charge in [0.2, 0.25) is 0 Å². The zero-order valence-electron chi connectivity index (χ0n) is 24.3. The maximum Gasteiger partial charge on any atom is 0.155 e. The Labute approximate surface area is 231 Å². The van der Waals surface area contributed by atoms with Gasteiger partial charge in [0, 0.05) is 23.9 Å². The van der Waals surface area contributed by atoms with Crippen molar-refractivity contribution in [3.63, 3.8) is 0 Å². The molecule has 0 aliphatic heterocycles. The molecule has 0 spiro atoms. The summed E-state index contributed by atoms with van der Waals surface area (Å²) in [5.41, 5.74) is 2.79. The Morgan fingerprint density at radius 1 is 1.03 bits per heavy atom. The molecule has 7 atom stereocenters. The van der Waals surface area contributed by atoms with E-state index in [0.717, 1.165) is 57.1 Å². The summed E-state index contributed by atoms with van der Waals surface area (Å²) >= 11 is 0. The van der Waals surface area contributed by atoms with Crippen LogP contribution >= 0.6 is 0 Å². The van der Waals surface area contributed by atoms with Gasteiger partial charge in [-0.3, -0.25) is 9.69 Å². The Bertz CT molecular complexity index is 999. The third-order valence-electron chi connectivity index (χ3n) is 11.4. The predicted molar refractivity (Wildman–Crippen MR) is 154 cm³/mol. The number of carbonyl (C=O) groups is 1. The maximum atomic E-state index is 12.0. The lowest BCUT2D eigenvalue weighted by Crippen LogP contribution is -2.49. The number of ketones is 1. The van der Waals surface area contributed by atoms with Gasteiger partial charge in [0.05, 0.1) is 12.7 Å². The summed E-state index contributed by atoms with van der Waals surface area (Å²) in [5.74, 6) is 3.93. The Morgan fingerprint density at radius 2 is 1.84 bits per heavy atom. The monoisotopic (exact) mass is 521 g/mol. The number of allylic oxidation sites excluding steroid dienone is 1. The lowest BCUT2D eigenvalue weighted by atomic mass is 9.51. The second kappa shape index (κ2) is 11.8. The first-order valence-corrected chi connectivity index (χ1v) is 15.8. The molecular weight excluding hydrogens is 470 g/mol. The van der Waals surface area contributed by atoms with Crippen molar-refractivity contribution in [2.75, 3.05) is 13.7 Å². The summed E-state index contributed by atoms with van der Waals surface area (Å²) < 4.78 is 6.45. The number of hydrogen-bond donors (Lipinski definition) is 1. The number of carbonyl (C=O) groups excluding carboxylic acids is 1. The van der Waals surface area contributed by atoms with Crippen LogP contribution < -0.4 is 4.74 Å². The summed E-state index contributed by atoms with van der Waals surface area (Å²) in [6.07, 6.45) is 14.6. The van der Waals surface area contributed by atoms with E-state index in [1.165, 1.54) is 36.8 Å². The standard InChI is InChI=1S/C34H51NO3/c1-5-25(6-2)35(4)32(7-3)24-9-8-10-27(22-24)38-20-19-34-18-17-29-28-14-12-26(36)21-23(28)11-13-30(29)31(34)15-16-33(34)37/h8-10,21-22,25,28-33,37H,5-7,11-20H2,1-4H3. The van der Waals surface area contributed by atoms with E-state index in [4.69, 9.17) is 4.74 Å². The molecule has 1 N–H and O–H groups in total. The SMILES string of the molecule is CCC(CC)N(C)C(CC)c1cccc(OCCC23CCC4C5CCC(=O)C=C5CCC4C2CCC3O)c1. The van der Waals surface area contributed by atoms with Gasteiger partial charge in [0.15, 0.2) is 5.78 Å². The first kappa shape index (κ1) is 27.9. The minimum absolute atomic E-state index is 0.00608. The van der Waals surface area contributed by atoms with Gasteiger partial charge in [-0.05, 0) is 125 Å². The minimum atomic E-state index is -0.202. The normalized spacial score (nSPS) is 33.5. The largest absolute Gasteiger partial charge is 0.494 e. The lowest BCUT2D eigenvalue weighted by molar-refractivity contribution is -0.116. The van der Waals surface area contributed by atoms with E-state index in [1.54, 1.807) is 0 Å². The highest BCUT2D eigenvalue weighted by Crippen LogP contribution is 2.63. The zero-order chi connectivity index (χ0) is 26.9. The van der Waals surface area contributed by atoms with Gasteiger partial charge in [-0.15, -0.1) is 0 Å².